The fraction of sp³-hybridized carbons (Fsp3) is 0.333. The second kappa shape index (κ2) is 7.19. The summed E-state index contributed by atoms with van der Waals surface area (Å²) in [6.45, 7) is 7.33. The molecule has 5 nitrogen and oxygen atoms in total. The van der Waals surface area contributed by atoms with Crippen molar-refractivity contribution in [3.8, 4) is 11.5 Å². The molecule has 1 atom stereocenters. The first kappa shape index (κ1) is 17.8. The van der Waals surface area contributed by atoms with Gasteiger partial charge in [0.1, 0.15) is 6.61 Å². The van der Waals surface area contributed by atoms with Gasteiger partial charge in [-0.2, -0.15) is 4.99 Å². The monoisotopic (exact) mass is 382 g/mol. The van der Waals surface area contributed by atoms with E-state index in [-0.39, 0.29) is 12.5 Å². The van der Waals surface area contributed by atoms with Crippen molar-refractivity contribution in [1.29, 1.82) is 0 Å². The maximum Gasteiger partial charge on any atom is 0.292 e. The summed E-state index contributed by atoms with van der Waals surface area (Å²) in [6, 6.07) is 13.8. The zero-order valence-corrected chi connectivity index (χ0v) is 16.5. The van der Waals surface area contributed by atoms with Crippen LogP contribution in [0.5, 0.6) is 11.5 Å². The molecular formula is C21H22N2O3S. The lowest BCUT2D eigenvalue weighted by Crippen LogP contribution is -2.36. The summed E-state index contributed by atoms with van der Waals surface area (Å²) in [5.74, 6) is 1.38. The number of para-hydroxylation sites is 2. The molecule has 0 aliphatic carbocycles. The highest BCUT2D eigenvalue weighted by atomic mass is 32.1. The molecule has 0 fully saturated rings. The van der Waals surface area contributed by atoms with E-state index in [1.54, 1.807) is 6.07 Å². The molecule has 0 saturated carbocycles. The van der Waals surface area contributed by atoms with E-state index < -0.39 is 6.10 Å². The lowest BCUT2D eigenvalue weighted by molar-refractivity contribution is -0.127. The Bertz CT molecular complexity index is 1060. The van der Waals surface area contributed by atoms with Crippen LogP contribution in [0, 0.1) is 0 Å². The van der Waals surface area contributed by atoms with Crippen LogP contribution in [0.25, 0.3) is 10.2 Å². The Labute approximate surface area is 161 Å². The second-order valence-electron chi connectivity index (χ2n) is 6.83. The van der Waals surface area contributed by atoms with Gasteiger partial charge in [0.15, 0.2) is 16.3 Å². The molecular weight excluding hydrogens is 360 g/mol. The van der Waals surface area contributed by atoms with Gasteiger partial charge >= 0.3 is 0 Å². The van der Waals surface area contributed by atoms with Crippen LogP contribution in [0.3, 0.4) is 0 Å². The van der Waals surface area contributed by atoms with Gasteiger partial charge in [0.05, 0.1) is 10.2 Å². The molecule has 3 aromatic rings. The van der Waals surface area contributed by atoms with Gasteiger partial charge in [-0.05, 0) is 42.7 Å². The van der Waals surface area contributed by atoms with Crippen molar-refractivity contribution in [3.05, 3.63) is 52.8 Å². The van der Waals surface area contributed by atoms with Crippen LogP contribution in [0.2, 0.25) is 0 Å². The zero-order chi connectivity index (χ0) is 19.0. The smallest absolute Gasteiger partial charge is 0.292 e. The molecule has 0 saturated heterocycles. The fourth-order valence-electron chi connectivity index (χ4n) is 3.15. The molecule has 0 radical (unpaired) electrons. The molecule has 140 valence electrons. The lowest BCUT2D eigenvalue weighted by Gasteiger charge is -2.23. The van der Waals surface area contributed by atoms with Gasteiger partial charge in [0.25, 0.3) is 5.91 Å². The second-order valence-corrected chi connectivity index (χ2v) is 7.83. The Morgan fingerprint density at radius 1 is 1.26 bits per heavy atom. The van der Waals surface area contributed by atoms with Crippen LogP contribution in [-0.4, -0.2) is 23.2 Å². The van der Waals surface area contributed by atoms with E-state index in [4.69, 9.17) is 9.47 Å². The lowest BCUT2D eigenvalue weighted by atomic mass is 10.0. The van der Waals surface area contributed by atoms with Gasteiger partial charge in [0, 0.05) is 6.54 Å². The molecule has 0 spiro atoms. The van der Waals surface area contributed by atoms with E-state index in [1.807, 2.05) is 18.2 Å². The zero-order valence-electron chi connectivity index (χ0n) is 15.6. The third-order valence-corrected chi connectivity index (χ3v) is 5.72. The normalized spacial score (nSPS) is 16.9. The molecule has 4 rings (SSSR count). The average Bonchev–Trinajstić information content (AvgIpc) is 3.03. The van der Waals surface area contributed by atoms with Crippen LogP contribution >= 0.6 is 11.3 Å². The summed E-state index contributed by atoms with van der Waals surface area (Å²) >= 11 is 1.54. The third-order valence-electron chi connectivity index (χ3n) is 4.68. The number of thiazole rings is 1. The first-order valence-electron chi connectivity index (χ1n) is 9.17. The SMILES string of the molecule is CCn1c(=NC(=O)C2COc3ccccc3O2)sc2cc(C(C)C)ccc21. The van der Waals surface area contributed by atoms with E-state index in [9.17, 15) is 4.79 Å². The minimum absolute atomic E-state index is 0.174. The maximum atomic E-state index is 12.7. The highest BCUT2D eigenvalue weighted by molar-refractivity contribution is 7.16. The van der Waals surface area contributed by atoms with Gasteiger partial charge in [-0.3, -0.25) is 4.79 Å². The summed E-state index contributed by atoms with van der Waals surface area (Å²) in [5.41, 5.74) is 2.38. The van der Waals surface area contributed by atoms with E-state index >= 15 is 0 Å². The average molecular weight is 382 g/mol. The molecule has 1 aromatic heterocycles. The van der Waals surface area contributed by atoms with Crippen molar-refractivity contribution >= 4 is 27.5 Å². The van der Waals surface area contributed by atoms with Gasteiger partial charge in [-0.25, -0.2) is 0 Å². The van der Waals surface area contributed by atoms with Gasteiger partial charge in [-0.1, -0.05) is 43.4 Å². The molecule has 27 heavy (non-hydrogen) atoms. The van der Waals surface area contributed by atoms with Crippen LogP contribution < -0.4 is 14.3 Å². The van der Waals surface area contributed by atoms with E-state index in [0.717, 1.165) is 16.8 Å². The van der Waals surface area contributed by atoms with E-state index in [2.05, 4.69) is 48.5 Å². The van der Waals surface area contributed by atoms with Crippen LogP contribution in [0.15, 0.2) is 47.5 Å². The number of hydrogen-bond acceptors (Lipinski definition) is 4. The Kier molecular flexibility index (Phi) is 4.74. The van der Waals surface area contributed by atoms with Crippen molar-refractivity contribution in [1.82, 2.24) is 4.57 Å². The number of carbonyl (C=O) groups excluding carboxylic acids is 1. The predicted molar refractivity (Wildman–Crippen MR) is 107 cm³/mol. The van der Waals surface area contributed by atoms with Gasteiger partial charge in [0.2, 0.25) is 6.10 Å². The van der Waals surface area contributed by atoms with Crippen molar-refractivity contribution in [2.24, 2.45) is 4.99 Å². The summed E-state index contributed by atoms with van der Waals surface area (Å²) < 4.78 is 14.6. The van der Waals surface area contributed by atoms with Crippen LogP contribution in [0.1, 0.15) is 32.3 Å². The molecule has 2 aromatic carbocycles. The molecule has 1 aliphatic rings. The number of aryl methyl sites for hydroxylation is 1. The summed E-state index contributed by atoms with van der Waals surface area (Å²) in [6.07, 6.45) is -0.721. The van der Waals surface area contributed by atoms with Crippen molar-refractivity contribution in [2.45, 2.75) is 39.3 Å². The maximum absolute atomic E-state index is 12.7. The molecule has 0 N–H and O–H groups in total. The number of nitrogens with zero attached hydrogens (tertiary/aromatic N) is 2. The van der Waals surface area contributed by atoms with Crippen LogP contribution in [-0.2, 0) is 11.3 Å². The molecule has 0 bridgehead atoms. The Morgan fingerprint density at radius 3 is 2.78 bits per heavy atom. The van der Waals surface area contributed by atoms with Crippen molar-refractivity contribution < 1.29 is 14.3 Å². The van der Waals surface area contributed by atoms with E-state index in [0.29, 0.717) is 22.2 Å². The summed E-state index contributed by atoms with van der Waals surface area (Å²) in [7, 11) is 0. The standard InChI is InChI=1S/C21H22N2O3S/c1-4-23-15-10-9-14(13(2)3)11-19(15)27-21(23)22-20(24)18-12-25-16-7-5-6-8-17(16)26-18/h5-11,13,18H,4,12H2,1-3H3. The van der Waals surface area contributed by atoms with Gasteiger partial charge < -0.3 is 14.0 Å². The Hall–Kier alpha value is -2.60. The topological polar surface area (TPSA) is 52.8 Å². The van der Waals surface area contributed by atoms with Gasteiger partial charge in [-0.15, -0.1) is 0 Å². The number of fused-ring (bicyclic) bond motifs is 2. The number of amides is 1. The number of rotatable bonds is 3. The predicted octanol–water partition coefficient (Wildman–Crippen LogP) is 4.11. The first-order valence-corrected chi connectivity index (χ1v) is 9.98. The first-order chi connectivity index (χ1) is 13.1. The number of benzene rings is 2. The number of hydrogen-bond donors (Lipinski definition) is 0. The third kappa shape index (κ3) is 3.37. The molecule has 1 amide bonds. The quantitative estimate of drug-likeness (QED) is 0.685. The summed E-state index contributed by atoms with van der Waals surface area (Å²) in [5, 5.41) is 0. The fourth-order valence-corrected chi connectivity index (χ4v) is 4.30. The van der Waals surface area contributed by atoms with Crippen molar-refractivity contribution in [2.75, 3.05) is 6.61 Å². The molecule has 1 aliphatic heterocycles. The van der Waals surface area contributed by atoms with Crippen molar-refractivity contribution in [3.63, 3.8) is 0 Å². The summed E-state index contributed by atoms with van der Waals surface area (Å²) in [4.78, 5) is 17.8. The Morgan fingerprint density at radius 2 is 2.04 bits per heavy atom. The molecule has 6 heteroatoms. The number of ether oxygens (including phenoxy) is 2. The largest absolute Gasteiger partial charge is 0.485 e. The molecule has 1 unspecified atom stereocenters. The molecule has 2 heterocycles. The number of carbonyl (C=O) groups is 1. The minimum atomic E-state index is -0.721. The minimum Gasteiger partial charge on any atom is -0.485 e. The number of aromatic nitrogens is 1. The van der Waals surface area contributed by atoms with Crippen LogP contribution in [0.4, 0.5) is 0 Å². The van der Waals surface area contributed by atoms with E-state index in [1.165, 1.54) is 16.9 Å². The highest BCUT2D eigenvalue weighted by Crippen LogP contribution is 2.31. The Balaban J connectivity index is 1.69. The highest BCUT2D eigenvalue weighted by Gasteiger charge is 2.27.